The molecule has 0 unspecified atom stereocenters. The van der Waals surface area contributed by atoms with Crippen molar-refractivity contribution in [2.75, 3.05) is 13.7 Å². The first kappa shape index (κ1) is 16.7. The number of aromatic nitrogens is 1. The summed E-state index contributed by atoms with van der Waals surface area (Å²) in [7, 11) is -2.37. The lowest BCUT2D eigenvalue weighted by atomic mass is 9.69. The van der Waals surface area contributed by atoms with Gasteiger partial charge in [0.25, 0.3) is 10.0 Å². The lowest BCUT2D eigenvalue weighted by molar-refractivity contribution is -0.138. The Kier molecular flexibility index (Phi) is 4.47. The summed E-state index contributed by atoms with van der Waals surface area (Å²) in [4.78, 5) is 12.5. The molecule has 0 radical (unpaired) electrons. The van der Waals surface area contributed by atoms with E-state index in [2.05, 4.69) is 4.72 Å². The van der Waals surface area contributed by atoms with Gasteiger partial charge < -0.3 is 9.30 Å². The van der Waals surface area contributed by atoms with E-state index in [0.717, 1.165) is 12.1 Å². The van der Waals surface area contributed by atoms with Gasteiger partial charge in [-0.15, -0.1) is 0 Å². The maximum Gasteiger partial charge on any atom is 0.264 e. The summed E-state index contributed by atoms with van der Waals surface area (Å²) in [6.45, 7) is 0.237. The van der Waals surface area contributed by atoms with Crippen molar-refractivity contribution < 1.29 is 17.9 Å². The monoisotopic (exact) mass is 348 g/mol. The van der Waals surface area contributed by atoms with E-state index < -0.39 is 21.3 Å². The maximum absolute atomic E-state index is 12.5. The number of nitrogens with zero attached hydrogens (tertiary/aromatic N) is 1. The molecule has 0 spiro atoms. The van der Waals surface area contributed by atoms with Gasteiger partial charge in [0, 0.05) is 25.2 Å². The minimum Gasteiger partial charge on any atom is -0.384 e. The van der Waals surface area contributed by atoms with Gasteiger partial charge in [0.2, 0.25) is 5.91 Å². The van der Waals surface area contributed by atoms with Crippen LogP contribution < -0.4 is 4.72 Å². The highest BCUT2D eigenvalue weighted by atomic mass is 32.2. The number of ether oxygens (including phenoxy) is 1. The second kappa shape index (κ2) is 6.41. The predicted molar refractivity (Wildman–Crippen MR) is 89.3 cm³/mol. The van der Waals surface area contributed by atoms with Gasteiger partial charge in [-0.3, -0.25) is 4.79 Å². The van der Waals surface area contributed by atoms with E-state index in [1.54, 1.807) is 12.1 Å². The number of carbonyl (C=O) groups is 1. The first-order chi connectivity index (χ1) is 11.5. The number of methoxy groups -OCH3 is 1. The molecule has 1 saturated carbocycles. The molecule has 128 valence electrons. The van der Waals surface area contributed by atoms with Crippen molar-refractivity contribution in [2.45, 2.75) is 24.2 Å². The molecule has 1 heterocycles. The Hall–Kier alpha value is -2.12. The highest BCUT2D eigenvalue weighted by Crippen LogP contribution is 2.41. The fourth-order valence-electron chi connectivity index (χ4n) is 2.91. The minimum atomic E-state index is -3.89. The molecule has 2 aromatic rings. The third-order valence-corrected chi connectivity index (χ3v) is 5.84. The molecule has 0 atom stereocenters. The van der Waals surface area contributed by atoms with Crippen LogP contribution in [0, 0.1) is 5.41 Å². The second-order valence-electron chi connectivity index (χ2n) is 6.09. The molecular formula is C17H20N2O4S. The van der Waals surface area contributed by atoms with Crippen LogP contribution in [0.15, 0.2) is 53.7 Å². The Morgan fingerprint density at radius 2 is 1.83 bits per heavy atom. The average molecular weight is 348 g/mol. The molecule has 1 N–H and O–H groups in total. The SMILES string of the molecule is COCC1(C(=O)NS(=O)(=O)c2ccc(-n3cccc3)cc2)CCC1. The van der Waals surface area contributed by atoms with Crippen LogP contribution in [0.4, 0.5) is 0 Å². The molecular weight excluding hydrogens is 328 g/mol. The van der Waals surface area contributed by atoms with Crippen molar-refractivity contribution in [2.24, 2.45) is 5.41 Å². The van der Waals surface area contributed by atoms with Crippen LogP contribution in [0.5, 0.6) is 0 Å². The quantitative estimate of drug-likeness (QED) is 0.867. The molecule has 1 aromatic heterocycles. The predicted octanol–water partition coefficient (Wildman–Crippen LogP) is 2.10. The number of rotatable bonds is 6. The highest BCUT2D eigenvalue weighted by molar-refractivity contribution is 7.90. The Labute approximate surface area is 141 Å². The molecule has 0 saturated heterocycles. The van der Waals surface area contributed by atoms with Gasteiger partial charge in [-0.1, -0.05) is 6.42 Å². The Bertz CT molecular complexity index is 807. The summed E-state index contributed by atoms with van der Waals surface area (Å²) < 4.78 is 34.1. The smallest absolute Gasteiger partial charge is 0.264 e. The minimum absolute atomic E-state index is 0.0682. The highest BCUT2D eigenvalue weighted by Gasteiger charge is 2.45. The molecule has 7 heteroatoms. The molecule has 1 aliphatic carbocycles. The molecule has 1 fully saturated rings. The molecule has 1 aliphatic rings. The zero-order valence-electron chi connectivity index (χ0n) is 13.4. The van der Waals surface area contributed by atoms with Crippen LogP contribution in [-0.4, -0.2) is 32.6 Å². The summed E-state index contributed by atoms with van der Waals surface area (Å²) in [5, 5.41) is 0. The average Bonchev–Trinajstić information content (AvgIpc) is 3.05. The van der Waals surface area contributed by atoms with E-state index in [1.807, 2.05) is 29.1 Å². The molecule has 0 bridgehead atoms. The van der Waals surface area contributed by atoms with E-state index in [1.165, 1.54) is 19.2 Å². The number of benzene rings is 1. The van der Waals surface area contributed by atoms with Crippen LogP contribution >= 0.6 is 0 Å². The van der Waals surface area contributed by atoms with E-state index in [9.17, 15) is 13.2 Å². The number of amides is 1. The molecule has 0 aliphatic heterocycles. The number of carbonyl (C=O) groups excluding carboxylic acids is 1. The summed E-state index contributed by atoms with van der Waals surface area (Å²) in [5.74, 6) is -0.481. The second-order valence-corrected chi connectivity index (χ2v) is 7.77. The fraction of sp³-hybridized carbons (Fsp3) is 0.353. The van der Waals surface area contributed by atoms with Gasteiger partial charge in [-0.05, 0) is 49.2 Å². The van der Waals surface area contributed by atoms with Crippen molar-refractivity contribution in [3.63, 3.8) is 0 Å². The Morgan fingerprint density at radius 3 is 2.33 bits per heavy atom. The third kappa shape index (κ3) is 3.09. The normalized spacial score (nSPS) is 16.4. The van der Waals surface area contributed by atoms with Crippen LogP contribution in [-0.2, 0) is 19.6 Å². The van der Waals surface area contributed by atoms with Crippen LogP contribution in [0.25, 0.3) is 5.69 Å². The van der Waals surface area contributed by atoms with Crippen LogP contribution in [0.3, 0.4) is 0 Å². The topological polar surface area (TPSA) is 77.4 Å². The van der Waals surface area contributed by atoms with Crippen molar-refractivity contribution >= 4 is 15.9 Å². The lowest BCUT2D eigenvalue weighted by Crippen LogP contribution is -2.50. The third-order valence-electron chi connectivity index (χ3n) is 4.49. The first-order valence-corrected chi connectivity index (χ1v) is 9.25. The number of nitrogens with one attached hydrogen (secondary N) is 1. The summed E-state index contributed by atoms with van der Waals surface area (Å²) >= 11 is 0. The molecule has 3 rings (SSSR count). The van der Waals surface area contributed by atoms with E-state index in [-0.39, 0.29) is 11.5 Å². The molecule has 24 heavy (non-hydrogen) atoms. The van der Waals surface area contributed by atoms with Crippen molar-refractivity contribution in [1.29, 1.82) is 0 Å². The van der Waals surface area contributed by atoms with Gasteiger partial charge in [0.1, 0.15) is 0 Å². The zero-order valence-corrected chi connectivity index (χ0v) is 14.3. The first-order valence-electron chi connectivity index (χ1n) is 7.76. The molecule has 6 nitrogen and oxygen atoms in total. The van der Waals surface area contributed by atoms with Crippen LogP contribution in [0.2, 0.25) is 0 Å². The number of hydrogen-bond acceptors (Lipinski definition) is 4. The standard InChI is InChI=1S/C17H20N2O4S/c1-23-13-17(9-4-10-17)16(20)18-24(21,22)15-7-5-14(6-8-15)19-11-2-3-12-19/h2-3,5-8,11-12H,4,9-10,13H2,1H3,(H,18,20). The summed E-state index contributed by atoms with van der Waals surface area (Å²) in [6.07, 6.45) is 5.94. The van der Waals surface area contributed by atoms with Crippen molar-refractivity contribution in [3.8, 4) is 5.69 Å². The van der Waals surface area contributed by atoms with Gasteiger partial charge >= 0.3 is 0 Å². The summed E-state index contributed by atoms with van der Waals surface area (Å²) in [5.41, 5.74) is 0.132. The lowest BCUT2D eigenvalue weighted by Gasteiger charge is -2.39. The van der Waals surface area contributed by atoms with E-state index in [4.69, 9.17) is 4.74 Å². The van der Waals surface area contributed by atoms with Gasteiger partial charge in [0.15, 0.2) is 0 Å². The van der Waals surface area contributed by atoms with Gasteiger partial charge in [-0.2, -0.15) is 0 Å². The summed E-state index contributed by atoms with van der Waals surface area (Å²) in [6, 6.07) is 10.2. The Morgan fingerprint density at radius 1 is 1.21 bits per heavy atom. The van der Waals surface area contributed by atoms with Crippen molar-refractivity contribution in [3.05, 3.63) is 48.8 Å². The number of sulfonamides is 1. The van der Waals surface area contributed by atoms with Crippen molar-refractivity contribution in [1.82, 2.24) is 9.29 Å². The largest absolute Gasteiger partial charge is 0.384 e. The fourth-order valence-corrected chi connectivity index (χ4v) is 3.98. The van der Waals surface area contributed by atoms with Gasteiger partial charge in [0.05, 0.1) is 16.9 Å². The Balaban J connectivity index is 1.77. The molecule has 1 amide bonds. The van der Waals surface area contributed by atoms with Crippen LogP contribution in [0.1, 0.15) is 19.3 Å². The van der Waals surface area contributed by atoms with Gasteiger partial charge in [-0.25, -0.2) is 13.1 Å². The number of hydrogen-bond donors (Lipinski definition) is 1. The molecule has 1 aromatic carbocycles. The maximum atomic E-state index is 12.5. The van der Waals surface area contributed by atoms with E-state index >= 15 is 0 Å². The zero-order chi connectivity index (χ0) is 17.2. The van der Waals surface area contributed by atoms with E-state index in [0.29, 0.717) is 12.8 Å².